The summed E-state index contributed by atoms with van der Waals surface area (Å²) in [5, 5.41) is 9.74. The molecule has 0 bridgehead atoms. The summed E-state index contributed by atoms with van der Waals surface area (Å²) < 4.78 is 43.4. The molecule has 1 aromatic carbocycles. The van der Waals surface area contributed by atoms with Crippen LogP contribution in [0.1, 0.15) is 35.4 Å². The molecule has 190 valence electrons. The molecule has 2 N–H and O–H groups in total. The molecule has 0 fully saturated rings. The number of aromatic nitrogens is 3. The fourth-order valence-electron chi connectivity index (χ4n) is 4.00. The number of aryl methyl sites for hydroxylation is 2. The third-order valence-electron chi connectivity index (χ3n) is 5.79. The standard InChI is InChI=1S/C25H28N4O6S/c1-14-10-19(17(4)34-21-7-6-15(2)28-25(21)36(26,31)32)24-20(11-14)22(30)16(3)23(35-24)18-12-27-29(13-18)8-9-33-5/h6-7,10-13,17H,8-9H2,1-5H3,(H2,26,31,32)/t17-/m1/s1. The first-order chi connectivity index (χ1) is 17.0. The van der Waals surface area contributed by atoms with Crippen LogP contribution in [0.25, 0.3) is 22.3 Å². The molecular formula is C25H28N4O6S. The van der Waals surface area contributed by atoms with Crippen molar-refractivity contribution in [3.05, 3.63) is 69.3 Å². The number of methoxy groups -OCH3 is 1. The van der Waals surface area contributed by atoms with Crippen LogP contribution >= 0.6 is 0 Å². The lowest BCUT2D eigenvalue weighted by atomic mass is 10.0. The van der Waals surface area contributed by atoms with E-state index < -0.39 is 16.1 Å². The third kappa shape index (κ3) is 5.03. The Bertz CT molecular complexity index is 1610. The van der Waals surface area contributed by atoms with E-state index in [2.05, 4.69) is 10.1 Å². The van der Waals surface area contributed by atoms with Crippen LogP contribution in [0.3, 0.4) is 0 Å². The Labute approximate surface area is 208 Å². The Hall–Kier alpha value is -3.54. The minimum absolute atomic E-state index is 0.0133. The summed E-state index contributed by atoms with van der Waals surface area (Å²) in [7, 11) is -2.51. The molecule has 11 heteroatoms. The molecule has 1 atom stereocenters. The van der Waals surface area contributed by atoms with Gasteiger partial charge in [0.05, 0.1) is 30.3 Å². The molecule has 0 saturated carbocycles. The van der Waals surface area contributed by atoms with Crippen LogP contribution in [0.2, 0.25) is 0 Å². The lowest BCUT2D eigenvalue weighted by Crippen LogP contribution is -2.17. The second kappa shape index (κ2) is 9.84. The van der Waals surface area contributed by atoms with E-state index in [-0.39, 0.29) is 16.2 Å². The van der Waals surface area contributed by atoms with E-state index in [1.807, 2.05) is 13.0 Å². The minimum Gasteiger partial charge on any atom is -0.483 e. The highest BCUT2D eigenvalue weighted by atomic mass is 32.2. The van der Waals surface area contributed by atoms with Gasteiger partial charge in [-0.05, 0) is 57.5 Å². The molecule has 4 aromatic rings. The van der Waals surface area contributed by atoms with E-state index in [1.54, 1.807) is 57.1 Å². The van der Waals surface area contributed by atoms with Crippen LogP contribution in [0, 0.1) is 20.8 Å². The highest BCUT2D eigenvalue weighted by molar-refractivity contribution is 7.89. The molecule has 3 heterocycles. The van der Waals surface area contributed by atoms with Gasteiger partial charge in [0, 0.05) is 30.1 Å². The predicted octanol–water partition coefficient (Wildman–Crippen LogP) is 3.41. The van der Waals surface area contributed by atoms with Gasteiger partial charge >= 0.3 is 0 Å². The average molecular weight is 513 g/mol. The first kappa shape index (κ1) is 25.5. The maximum absolute atomic E-state index is 13.4. The number of rotatable bonds is 8. The van der Waals surface area contributed by atoms with E-state index in [1.165, 1.54) is 6.07 Å². The molecule has 0 radical (unpaired) electrons. The number of hydrogen-bond acceptors (Lipinski definition) is 8. The maximum atomic E-state index is 13.4. The van der Waals surface area contributed by atoms with Gasteiger partial charge in [-0.15, -0.1) is 0 Å². The van der Waals surface area contributed by atoms with Gasteiger partial charge in [0.25, 0.3) is 10.0 Å². The van der Waals surface area contributed by atoms with E-state index >= 15 is 0 Å². The van der Waals surface area contributed by atoms with Crippen molar-refractivity contribution in [2.24, 2.45) is 5.14 Å². The Balaban J connectivity index is 1.84. The number of benzene rings is 1. The summed E-state index contributed by atoms with van der Waals surface area (Å²) in [5.74, 6) is 0.412. The molecule has 0 aliphatic heterocycles. The van der Waals surface area contributed by atoms with Crippen LogP contribution in [0.5, 0.6) is 5.75 Å². The molecule has 36 heavy (non-hydrogen) atoms. The van der Waals surface area contributed by atoms with E-state index in [0.29, 0.717) is 52.3 Å². The summed E-state index contributed by atoms with van der Waals surface area (Å²) in [6.45, 7) is 8.02. The Kier molecular flexibility index (Phi) is 6.98. The molecule has 4 rings (SSSR count). The molecule has 3 aromatic heterocycles. The molecule has 10 nitrogen and oxygen atoms in total. The number of nitrogens with zero attached hydrogens (tertiary/aromatic N) is 3. The fourth-order valence-corrected chi connectivity index (χ4v) is 4.67. The maximum Gasteiger partial charge on any atom is 0.259 e. The molecule has 0 aliphatic rings. The Morgan fingerprint density at radius 3 is 2.64 bits per heavy atom. The van der Waals surface area contributed by atoms with Gasteiger partial charge in [-0.1, -0.05) is 0 Å². The van der Waals surface area contributed by atoms with Crippen molar-refractivity contribution in [2.45, 2.75) is 45.4 Å². The van der Waals surface area contributed by atoms with Gasteiger partial charge in [0.15, 0.2) is 11.2 Å². The Morgan fingerprint density at radius 2 is 1.94 bits per heavy atom. The minimum atomic E-state index is -4.12. The number of nitrogens with two attached hydrogens (primary N) is 1. The number of pyridine rings is 1. The van der Waals surface area contributed by atoms with Crippen LogP contribution in [0.4, 0.5) is 0 Å². The Morgan fingerprint density at radius 1 is 1.19 bits per heavy atom. The molecule has 0 unspecified atom stereocenters. The van der Waals surface area contributed by atoms with Gasteiger partial charge in [-0.25, -0.2) is 18.5 Å². The largest absolute Gasteiger partial charge is 0.483 e. The molecule has 0 aliphatic carbocycles. The zero-order valence-electron chi connectivity index (χ0n) is 20.7. The molecular weight excluding hydrogens is 484 g/mol. The summed E-state index contributed by atoms with van der Waals surface area (Å²) in [6, 6.07) is 6.75. The number of hydrogen-bond donors (Lipinski definition) is 1. The number of fused-ring (bicyclic) bond motifs is 1. The smallest absolute Gasteiger partial charge is 0.259 e. The monoisotopic (exact) mass is 512 g/mol. The summed E-state index contributed by atoms with van der Waals surface area (Å²) in [6.07, 6.45) is 2.73. The van der Waals surface area contributed by atoms with Crippen LogP contribution in [0.15, 0.2) is 50.9 Å². The molecule has 0 spiro atoms. The van der Waals surface area contributed by atoms with Gasteiger partial charge < -0.3 is 13.9 Å². The van der Waals surface area contributed by atoms with E-state index in [9.17, 15) is 13.2 Å². The quantitative estimate of drug-likeness (QED) is 0.379. The van der Waals surface area contributed by atoms with Gasteiger partial charge in [-0.2, -0.15) is 5.10 Å². The van der Waals surface area contributed by atoms with Crippen molar-refractivity contribution in [3.63, 3.8) is 0 Å². The number of sulfonamides is 1. The van der Waals surface area contributed by atoms with Crippen LogP contribution < -0.4 is 15.3 Å². The van der Waals surface area contributed by atoms with Crippen molar-refractivity contribution < 1.29 is 22.3 Å². The van der Waals surface area contributed by atoms with Crippen molar-refractivity contribution >= 4 is 21.0 Å². The number of ether oxygens (including phenoxy) is 2. The fraction of sp³-hybridized carbons (Fsp3) is 0.320. The average Bonchev–Trinajstić information content (AvgIpc) is 3.29. The second-order valence-electron chi connectivity index (χ2n) is 8.66. The SMILES string of the molecule is COCCn1cc(-c2oc3c([C@@H](C)Oc4ccc(C)nc4S(N)(=O)=O)cc(C)cc3c(=O)c2C)cn1. The first-order valence-electron chi connectivity index (χ1n) is 11.3. The lowest BCUT2D eigenvalue weighted by molar-refractivity contribution is 0.183. The molecule has 0 amide bonds. The lowest BCUT2D eigenvalue weighted by Gasteiger charge is -2.19. The van der Waals surface area contributed by atoms with E-state index in [0.717, 1.165) is 5.56 Å². The second-order valence-corrected chi connectivity index (χ2v) is 10.1. The zero-order chi connectivity index (χ0) is 26.2. The van der Waals surface area contributed by atoms with Crippen LogP contribution in [-0.4, -0.2) is 36.9 Å². The van der Waals surface area contributed by atoms with Crippen LogP contribution in [-0.2, 0) is 21.3 Å². The van der Waals surface area contributed by atoms with Crippen molar-refractivity contribution in [3.8, 4) is 17.1 Å². The highest BCUT2D eigenvalue weighted by Gasteiger charge is 2.23. The van der Waals surface area contributed by atoms with Gasteiger partial charge in [0.1, 0.15) is 17.4 Å². The van der Waals surface area contributed by atoms with Crippen molar-refractivity contribution in [1.82, 2.24) is 14.8 Å². The summed E-state index contributed by atoms with van der Waals surface area (Å²) in [4.78, 5) is 17.4. The third-order valence-corrected chi connectivity index (χ3v) is 6.62. The van der Waals surface area contributed by atoms with Crippen molar-refractivity contribution in [2.75, 3.05) is 13.7 Å². The number of primary sulfonamides is 1. The van der Waals surface area contributed by atoms with Gasteiger partial charge in [0.2, 0.25) is 5.03 Å². The summed E-state index contributed by atoms with van der Waals surface area (Å²) >= 11 is 0. The first-order valence-corrected chi connectivity index (χ1v) is 12.8. The summed E-state index contributed by atoms with van der Waals surface area (Å²) in [5.41, 5.74) is 3.18. The highest BCUT2D eigenvalue weighted by Crippen LogP contribution is 2.33. The van der Waals surface area contributed by atoms with Crippen molar-refractivity contribution in [1.29, 1.82) is 0 Å². The normalized spacial score (nSPS) is 12.7. The predicted molar refractivity (Wildman–Crippen MR) is 134 cm³/mol. The topological polar surface area (TPSA) is 140 Å². The molecule has 0 saturated heterocycles. The zero-order valence-corrected chi connectivity index (χ0v) is 21.5. The van der Waals surface area contributed by atoms with Gasteiger partial charge in [-0.3, -0.25) is 9.48 Å². The van der Waals surface area contributed by atoms with E-state index in [4.69, 9.17) is 19.0 Å².